The molecule has 5 heteroatoms. The van der Waals surface area contributed by atoms with Gasteiger partial charge < -0.3 is 14.7 Å². The summed E-state index contributed by atoms with van der Waals surface area (Å²) in [6.45, 7) is 4.47. The van der Waals surface area contributed by atoms with Crippen LogP contribution in [0.3, 0.4) is 0 Å². The average Bonchev–Trinajstić information content (AvgIpc) is 2.17. The van der Waals surface area contributed by atoms with Gasteiger partial charge in [-0.15, -0.1) is 0 Å². The fourth-order valence-electron chi connectivity index (χ4n) is 1.42. The molecule has 88 valence electrons. The average molecular weight is 233 g/mol. The molecule has 1 heterocycles. The first-order valence-electron chi connectivity index (χ1n) is 5.20. The zero-order chi connectivity index (χ0) is 11.3. The lowest BCUT2D eigenvalue weighted by Gasteiger charge is -2.29. The van der Waals surface area contributed by atoms with Crippen molar-refractivity contribution in [3.05, 3.63) is 0 Å². The summed E-state index contributed by atoms with van der Waals surface area (Å²) < 4.78 is 5.58. The van der Waals surface area contributed by atoms with Crippen molar-refractivity contribution in [2.75, 3.05) is 38.2 Å². The molecule has 0 aromatic carbocycles. The summed E-state index contributed by atoms with van der Waals surface area (Å²) in [5.74, 6) is 0.571. The normalized spacial score (nSPS) is 25.1. The third-order valence-corrected chi connectivity index (χ3v) is 3.78. The van der Waals surface area contributed by atoms with Gasteiger partial charge in [0.25, 0.3) is 0 Å². The van der Waals surface area contributed by atoms with Crippen LogP contribution in [0.1, 0.15) is 6.92 Å². The zero-order valence-corrected chi connectivity index (χ0v) is 10.1. The second-order valence-electron chi connectivity index (χ2n) is 4.03. The lowest BCUT2D eigenvalue weighted by atomic mass is 10.2. The van der Waals surface area contributed by atoms with Crippen molar-refractivity contribution < 1.29 is 14.6 Å². The monoisotopic (exact) mass is 233 g/mol. The Kier molecular flexibility index (Phi) is 5.42. The molecule has 0 saturated carbocycles. The van der Waals surface area contributed by atoms with E-state index in [0.717, 1.165) is 25.4 Å². The molecule has 0 aromatic heterocycles. The van der Waals surface area contributed by atoms with Gasteiger partial charge in [0.15, 0.2) is 0 Å². The molecule has 1 fully saturated rings. The summed E-state index contributed by atoms with van der Waals surface area (Å²) in [5, 5.41) is 8.71. The number of likely N-dealkylation sites (N-methyl/N-ethyl adjacent to an activating group) is 1. The molecular weight excluding hydrogens is 214 g/mol. The van der Waals surface area contributed by atoms with E-state index in [1.54, 1.807) is 18.7 Å². The molecule has 1 aliphatic rings. The Morgan fingerprint density at radius 1 is 1.73 bits per heavy atom. The largest absolute Gasteiger partial charge is 0.481 e. The van der Waals surface area contributed by atoms with E-state index in [9.17, 15) is 4.79 Å². The Morgan fingerprint density at radius 3 is 3.07 bits per heavy atom. The van der Waals surface area contributed by atoms with E-state index < -0.39 is 5.97 Å². The first-order valence-corrected chi connectivity index (χ1v) is 6.35. The Hall–Kier alpha value is -0.260. The number of nitrogens with zero attached hydrogens (tertiary/aromatic N) is 1. The zero-order valence-electron chi connectivity index (χ0n) is 9.31. The van der Waals surface area contributed by atoms with E-state index in [2.05, 4.69) is 11.9 Å². The van der Waals surface area contributed by atoms with Crippen LogP contribution in [0.15, 0.2) is 0 Å². The predicted molar refractivity (Wildman–Crippen MR) is 61.4 cm³/mol. The lowest BCUT2D eigenvalue weighted by Crippen LogP contribution is -2.41. The molecule has 0 aromatic rings. The third kappa shape index (κ3) is 4.86. The van der Waals surface area contributed by atoms with E-state index >= 15 is 0 Å². The van der Waals surface area contributed by atoms with E-state index in [1.165, 1.54) is 0 Å². The van der Waals surface area contributed by atoms with E-state index in [4.69, 9.17) is 9.84 Å². The van der Waals surface area contributed by atoms with Gasteiger partial charge in [0.1, 0.15) is 0 Å². The van der Waals surface area contributed by atoms with Gasteiger partial charge in [-0.05, 0) is 7.05 Å². The second kappa shape index (κ2) is 6.35. The summed E-state index contributed by atoms with van der Waals surface area (Å²) >= 11 is 1.67. The highest BCUT2D eigenvalue weighted by Gasteiger charge is 2.18. The van der Waals surface area contributed by atoms with Crippen LogP contribution >= 0.6 is 11.8 Å². The summed E-state index contributed by atoms with van der Waals surface area (Å²) in [5.41, 5.74) is 0. The highest BCUT2D eigenvalue weighted by molar-refractivity contribution is 7.99. The van der Waals surface area contributed by atoms with Gasteiger partial charge >= 0.3 is 5.97 Å². The molecule has 1 rings (SSSR count). The predicted octanol–water partition coefficient (Wildman–Crippen LogP) is 0.771. The summed E-state index contributed by atoms with van der Waals surface area (Å²) in [7, 11) is 2.08. The smallest absolute Gasteiger partial charge is 0.307 e. The van der Waals surface area contributed by atoms with Gasteiger partial charge in [-0.25, -0.2) is 0 Å². The molecule has 4 nitrogen and oxygen atoms in total. The van der Waals surface area contributed by atoms with E-state index in [-0.39, 0.29) is 12.0 Å². The highest BCUT2D eigenvalue weighted by Crippen LogP contribution is 2.14. The van der Waals surface area contributed by atoms with Crippen molar-refractivity contribution in [3.8, 4) is 0 Å². The molecule has 0 bridgehead atoms. The van der Waals surface area contributed by atoms with Gasteiger partial charge in [0.2, 0.25) is 0 Å². The van der Waals surface area contributed by atoms with Crippen molar-refractivity contribution in [3.63, 3.8) is 0 Å². The van der Waals surface area contributed by atoms with E-state index in [1.807, 2.05) is 0 Å². The molecular formula is C10H19NO3S. The highest BCUT2D eigenvalue weighted by atomic mass is 32.2. The maximum absolute atomic E-state index is 10.6. The van der Waals surface area contributed by atoms with Gasteiger partial charge in [0, 0.05) is 24.6 Å². The van der Waals surface area contributed by atoms with Gasteiger partial charge in [-0.1, -0.05) is 6.92 Å². The minimum atomic E-state index is -0.718. The van der Waals surface area contributed by atoms with Gasteiger partial charge in [-0.2, -0.15) is 11.8 Å². The molecule has 2 unspecified atom stereocenters. The van der Waals surface area contributed by atoms with Gasteiger partial charge in [-0.3, -0.25) is 4.79 Å². The van der Waals surface area contributed by atoms with Crippen molar-refractivity contribution in [1.29, 1.82) is 0 Å². The van der Waals surface area contributed by atoms with Crippen molar-refractivity contribution >= 4 is 17.7 Å². The van der Waals surface area contributed by atoms with Gasteiger partial charge in [0.05, 0.1) is 18.6 Å². The molecule has 0 radical (unpaired) electrons. The quantitative estimate of drug-likeness (QED) is 0.760. The molecule has 0 aliphatic carbocycles. The number of hydrogen-bond acceptors (Lipinski definition) is 4. The van der Waals surface area contributed by atoms with Crippen LogP contribution in [-0.2, 0) is 9.53 Å². The summed E-state index contributed by atoms with van der Waals surface area (Å²) in [6.07, 6.45) is 0.259. The SMILES string of the molecule is CC(CSCC1CN(C)CCO1)C(=O)O. The Balaban J connectivity index is 2.11. The van der Waals surface area contributed by atoms with Crippen LogP contribution in [-0.4, -0.2) is 60.3 Å². The minimum absolute atomic E-state index is 0.259. The van der Waals surface area contributed by atoms with Crippen LogP contribution in [0, 0.1) is 5.92 Å². The number of carboxylic acids is 1. The molecule has 1 N–H and O–H groups in total. The number of thioether (sulfide) groups is 1. The number of rotatable bonds is 5. The maximum atomic E-state index is 10.6. The van der Waals surface area contributed by atoms with Crippen LogP contribution in [0.2, 0.25) is 0 Å². The number of ether oxygens (including phenoxy) is 1. The molecule has 1 aliphatic heterocycles. The molecule has 2 atom stereocenters. The molecule has 15 heavy (non-hydrogen) atoms. The summed E-state index contributed by atoms with van der Waals surface area (Å²) in [4.78, 5) is 12.8. The van der Waals surface area contributed by atoms with Crippen molar-refractivity contribution in [1.82, 2.24) is 4.90 Å². The number of aliphatic carboxylic acids is 1. The van der Waals surface area contributed by atoms with E-state index in [0.29, 0.717) is 5.75 Å². The molecule has 1 saturated heterocycles. The molecule has 0 amide bonds. The number of morpholine rings is 1. The van der Waals surface area contributed by atoms with Crippen LogP contribution in [0.5, 0.6) is 0 Å². The number of hydrogen-bond donors (Lipinski definition) is 1. The number of carbonyl (C=O) groups is 1. The van der Waals surface area contributed by atoms with Crippen LogP contribution in [0.4, 0.5) is 0 Å². The standard InChI is InChI=1S/C10H19NO3S/c1-8(10(12)13)6-15-7-9-5-11(2)3-4-14-9/h8-9H,3-7H2,1-2H3,(H,12,13). The lowest BCUT2D eigenvalue weighted by molar-refractivity contribution is -0.140. The Morgan fingerprint density at radius 2 is 2.47 bits per heavy atom. The van der Waals surface area contributed by atoms with Crippen molar-refractivity contribution in [2.45, 2.75) is 13.0 Å². The second-order valence-corrected chi connectivity index (χ2v) is 5.11. The first kappa shape index (κ1) is 12.8. The topological polar surface area (TPSA) is 49.8 Å². The molecule has 0 spiro atoms. The third-order valence-electron chi connectivity index (χ3n) is 2.44. The fraction of sp³-hybridized carbons (Fsp3) is 0.900. The Bertz CT molecular complexity index is 213. The van der Waals surface area contributed by atoms with Crippen LogP contribution < -0.4 is 0 Å². The van der Waals surface area contributed by atoms with Crippen molar-refractivity contribution in [2.24, 2.45) is 5.92 Å². The fourth-order valence-corrected chi connectivity index (χ4v) is 2.51. The Labute approximate surface area is 95.0 Å². The minimum Gasteiger partial charge on any atom is -0.481 e. The van der Waals surface area contributed by atoms with Crippen LogP contribution in [0.25, 0.3) is 0 Å². The number of carboxylic acid groups (broad SMARTS) is 1. The summed E-state index contributed by atoms with van der Waals surface area (Å²) in [6, 6.07) is 0. The maximum Gasteiger partial charge on any atom is 0.307 e. The first-order chi connectivity index (χ1) is 7.09.